The van der Waals surface area contributed by atoms with E-state index in [4.69, 9.17) is 0 Å². The molecular weight excluding hydrogens is 221 g/mol. The Hall–Kier alpha value is -0.940. The van der Waals surface area contributed by atoms with E-state index in [9.17, 15) is 18.0 Å². The molecule has 3 nitrogen and oxygen atoms in total. The van der Waals surface area contributed by atoms with E-state index in [-0.39, 0.29) is 12.1 Å². The van der Waals surface area contributed by atoms with Crippen LogP contribution in [0, 0.1) is 0 Å². The Bertz CT molecular complexity index is 272. The van der Waals surface area contributed by atoms with Gasteiger partial charge in [-0.2, -0.15) is 13.2 Å². The van der Waals surface area contributed by atoms with Gasteiger partial charge in [-0.1, -0.05) is 13.8 Å². The van der Waals surface area contributed by atoms with Crippen molar-refractivity contribution < 1.29 is 18.0 Å². The summed E-state index contributed by atoms with van der Waals surface area (Å²) in [6.45, 7) is 3.10. The molecule has 2 aliphatic rings. The predicted molar refractivity (Wildman–Crippen MR) is 54.1 cm³/mol. The summed E-state index contributed by atoms with van der Waals surface area (Å²) in [6, 6.07) is -0.500. The normalized spacial score (nSPS) is 22.2. The lowest BCUT2D eigenvalue weighted by atomic mass is 10.3. The highest BCUT2D eigenvalue weighted by Gasteiger charge is 2.57. The summed E-state index contributed by atoms with van der Waals surface area (Å²) in [7, 11) is 1.58. The third-order valence-electron chi connectivity index (χ3n) is 2.95. The van der Waals surface area contributed by atoms with Crippen molar-refractivity contribution in [2.75, 3.05) is 20.1 Å². The summed E-state index contributed by atoms with van der Waals surface area (Å²) in [5, 5.41) is 0. The molecule has 0 radical (unpaired) electrons. The Kier molecular flexibility index (Phi) is 3.40. The summed E-state index contributed by atoms with van der Waals surface area (Å²) in [5.74, 6) is 0. The maximum absolute atomic E-state index is 12.1. The largest absolute Gasteiger partial charge is 0.406 e. The highest BCUT2D eigenvalue weighted by molar-refractivity contribution is 5.78. The average molecular weight is 238 g/mol. The first-order valence-electron chi connectivity index (χ1n) is 5.44. The van der Waals surface area contributed by atoms with Crippen LogP contribution in [0.15, 0.2) is 0 Å². The lowest BCUT2D eigenvalue weighted by Gasteiger charge is -2.17. The van der Waals surface area contributed by atoms with E-state index in [1.807, 2.05) is 13.8 Å². The van der Waals surface area contributed by atoms with E-state index in [1.54, 1.807) is 7.05 Å². The minimum absolute atomic E-state index is 0.224. The average Bonchev–Trinajstić information content (AvgIpc) is 2.93. The van der Waals surface area contributed by atoms with Gasteiger partial charge < -0.3 is 9.80 Å². The smallest absolute Gasteiger partial charge is 0.320 e. The molecule has 1 aliphatic heterocycles. The molecule has 1 spiro atoms. The standard InChI is InChI=1S/C8H11F3N2O.C2H6/c1-12-6(14)13(5-8(9,10)11)4-7(12)2-3-7;1-2/h2-5H2,1H3;1-2H3. The van der Waals surface area contributed by atoms with Crippen LogP contribution < -0.4 is 0 Å². The molecule has 94 valence electrons. The lowest BCUT2D eigenvalue weighted by molar-refractivity contribution is -0.138. The maximum atomic E-state index is 12.1. The van der Waals surface area contributed by atoms with Crippen LogP contribution in [0.25, 0.3) is 0 Å². The van der Waals surface area contributed by atoms with Crippen LogP contribution in [0.2, 0.25) is 0 Å². The minimum Gasteiger partial charge on any atom is -0.320 e. The fraction of sp³-hybridized carbons (Fsp3) is 0.900. The second kappa shape index (κ2) is 4.14. The Labute approximate surface area is 93.2 Å². The second-order valence-electron chi connectivity index (χ2n) is 4.04. The Morgan fingerprint density at radius 2 is 1.81 bits per heavy atom. The van der Waals surface area contributed by atoms with Gasteiger partial charge >= 0.3 is 12.2 Å². The quantitative estimate of drug-likeness (QED) is 0.688. The molecule has 0 N–H and O–H groups in total. The summed E-state index contributed by atoms with van der Waals surface area (Å²) < 4.78 is 36.2. The number of nitrogens with zero attached hydrogens (tertiary/aromatic N) is 2. The van der Waals surface area contributed by atoms with Gasteiger partial charge in [0.15, 0.2) is 0 Å². The molecule has 2 fully saturated rings. The van der Waals surface area contributed by atoms with E-state index >= 15 is 0 Å². The number of amides is 2. The van der Waals surface area contributed by atoms with Crippen LogP contribution in [0.1, 0.15) is 26.7 Å². The summed E-state index contributed by atoms with van der Waals surface area (Å²) >= 11 is 0. The predicted octanol–water partition coefficient (Wildman–Crippen LogP) is 2.47. The van der Waals surface area contributed by atoms with E-state index < -0.39 is 18.8 Å². The molecule has 1 heterocycles. The van der Waals surface area contributed by atoms with Crippen LogP contribution in [0.5, 0.6) is 0 Å². The van der Waals surface area contributed by atoms with Crippen molar-refractivity contribution in [3.63, 3.8) is 0 Å². The van der Waals surface area contributed by atoms with Gasteiger partial charge in [-0.15, -0.1) is 0 Å². The topological polar surface area (TPSA) is 23.6 Å². The SMILES string of the molecule is CC.CN1C(=O)N(CC(F)(F)F)CC12CC2. The maximum Gasteiger partial charge on any atom is 0.406 e. The van der Waals surface area contributed by atoms with Crippen LogP contribution in [0.4, 0.5) is 18.0 Å². The molecule has 0 atom stereocenters. The van der Waals surface area contributed by atoms with Crippen molar-refractivity contribution in [3.8, 4) is 0 Å². The number of urea groups is 1. The molecule has 0 unspecified atom stereocenters. The summed E-state index contributed by atoms with van der Waals surface area (Å²) in [5.41, 5.74) is -0.275. The van der Waals surface area contributed by atoms with Crippen LogP contribution >= 0.6 is 0 Å². The van der Waals surface area contributed by atoms with Gasteiger partial charge in [-0.05, 0) is 12.8 Å². The molecule has 0 bridgehead atoms. The van der Waals surface area contributed by atoms with E-state index in [0.717, 1.165) is 17.7 Å². The molecule has 16 heavy (non-hydrogen) atoms. The third kappa shape index (κ3) is 2.41. The van der Waals surface area contributed by atoms with Crippen molar-refractivity contribution in [3.05, 3.63) is 0 Å². The van der Waals surface area contributed by atoms with Gasteiger partial charge in [0, 0.05) is 13.6 Å². The molecule has 0 aromatic heterocycles. The van der Waals surface area contributed by atoms with Crippen molar-refractivity contribution in [1.29, 1.82) is 0 Å². The number of rotatable bonds is 1. The van der Waals surface area contributed by atoms with E-state index in [1.165, 1.54) is 4.90 Å². The van der Waals surface area contributed by atoms with E-state index in [2.05, 4.69) is 0 Å². The lowest BCUT2D eigenvalue weighted by Crippen LogP contribution is -2.37. The van der Waals surface area contributed by atoms with Gasteiger partial charge in [0.25, 0.3) is 0 Å². The second-order valence-corrected chi connectivity index (χ2v) is 4.04. The number of hydrogen-bond acceptors (Lipinski definition) is 1. The molecule has 1 saturated carbocycles. The van der Waals surface area contributed by atoms with Crippen molar-refractivity contribution in [2.45, 2.75) is 38.4 Å². The third-order valence-corrected chi connectivity index (χ3v) is 2.95. The zero-order chi connectivity index (χ0) is 12.6. The van der Waals surface area contributed by atoms with Crippen molar-refractivity contribution >= 4 is 6.03 Å². The van der Waals surface area contributed by atoms with Gasteiger partial charge in [-0.3, -0.25) is 0 Å². The first kappa shape index (κ1) is 13.1. The summed E-state index contributed by atoms with van der Waals surface area (Å²) in [4.78, 5) is 13.7. The number of likely N-dealkylation sites (N-methyl/N-ethyl adjacent to an activating group) is 1. The Morgan fingerprint density at radius 1 is 1.31 bits per heavy atom. The van der Waals surface area contributed by atoms with Gasteiger partial charge in [0.1, 0.15) is 6.54 Å². The zero-order valence-electron chi connectivity index (χ0n) is 9.76. The molecule has 0 aromatic carbocycles. The molecule has 1 aliphatic carbocycles. The highest BCUT2D eigenvalue weighted by Crippen LogP contribution is 2.46. The van der Waals surface area contributed by atoms with Gasteiger partial charge in [0.2, 0.25) is 0 Å². The number of halogens is 3. The van der Waals surface area contributed by atoms with Crippen LogP contribution in [-0.4, -0.2) is 47.7 Å². The van der Waals surface area contributed by atoms with Crippen LogP contribution in [0.3, 0.4) is 0 Å². The zero-order valence-corrected chi connectivity index (χ0v) is 9.76. The van der Waals surface area contributed by atoms with Gasteiger partial charge in [0.05, 0.1) is 5.54 Å². The number of alkyl halides is 3. The number of carbonyl (C=O) groups excluding carboxylic acids is 1. The highest BCUT2D eigenvalue weighted by atomic mass is 19.4. The fourth-order valence-electron chi connectivity index (χ4n) is 1.92. The monoisotopic (exact) mass is 238 g/mol. The minimum atomic E-state index is -4.29. The number of hydrogen-bond donors (Lipinski definition) is 0. The molecule has 6 heteroatoms. The first-order valence-corrected chi connectivity index (χ1v) is 5.44. The van der Waals surface area contributed by atoms with Crippen molar-refractivity contribution in [1.82, 2.24) is 9.80 Å². The Morgan fingerprint density at radius 3 is 2.12 bits per heavy atom. The van der Waals surface area contributed by atoms with Gasteiger partial charge in [-0.25, -0.2) is 4.79 Å². The van der Waals surface area contributed by atoms with Crippen molar-refractivity contribution in [2.24, 2.45) is 0 Å². The van der Waals surface area contributed by atoms with Crippen LogP contribution in [-0.2, 0) is 0 Å². The molecule has 0 aromatic rings. The van der Waals surface area contributed by atoms with E-state index in [0.29, 0.717) is 0 Å². The number of carbonyl (C=O) groups is 1. The Balaban J connectivity index is 0.000000606. The molecule has 1 saturated heterocycles. The molecular formula is C10H17F3N2O. The summed E-state index contributed by atoms with van der Waals surface area (Å²) in [6.07, 6.45) is -2.65. The fourth-order valence-corrected chi connectivity index (χ4v) is 1.92. The molecule has 2 amide bonds. The molecule has 2 rings (SSSR count). The first-order chi connectivity index (χ1) is 7.34.